The summed E-state index contributed by atoms with van der Waals surface area (Å²) in [5.41, 5.74) is 1.25. The van der Waals surface area contributed by atoms with E-state index in [-0.39, 0.29) is 11.6 Å². The lowest BCUT2D eigenvalue weighted by Gasteiger charge is -2.27. The predicted octanol–water partition coefficient (Wildman–Crippen LogP) is 2.59. The van der Waals surface area contributed by atoms with Gasteiger partial charge in [-0.2, -0.15) is 0 Å². The second-order valence-electron chi connectivity index (χ2n) is 5.21. The second-order valence-corrected chi connectivity index (χ2v) is 5.61. The van der Waals surface area contributed by atoms with E-state index in [9.17, 15) is 9.59 Å². The number of aromatic nitrogens is 1. The highest BCUT2D eigenvalue weighted by Crippen LogP contribution is 2.37. The zero-order valence-electron chi connectivity index (χ0n) is 12.0. The molecule has 1 aliphatic rings. The zero-order valence-corrected chi connectivity index (χ0v) is 12.7. The van der Waals surface area contributed by atoms with Crippen molar-refractivity contribution in [2.24, 2.45) is 0 Å². The van der Waals surface area contributed by atoms with Crippen LogP contribution < -0.4 is 15.6 Å². The van der Waals surface area contributed by atoms with Crippen molar-refractivity contribution in [3.63, 3.8) is 0 Å². The molecule has 1 aromatic heterocycles. The molecule has 0 saturated carbocycles. The Morgan fingerprint density at radius 1 is 1.36 bits per heavy atom. The van der Waals surface area contributed by atoms with Crippen molar-refractivity contribution in [2.45, 2.75) is 19.4 Å². The summed E-state index contributed by atoms with van der Waals surface area (Å²) in [6.45, 7) is 2.23. The maximum Gasteiger partial charge on any atom is 0.260 e. The molecule has 114 valence electrons. The minimum Gasteiger partial charge on any atom is -0.492 e. The molecule has 2 aromatic rings. The van der Waals surface area contributed by atoms with Crippen LogP contribution in [0.25, 0.3) is 0 Å². The Hall–Kier alpha value is -2.27. The number of H-pyrrole nitrogens is 1. The molecule has 0 aliphatic carbocycles. The van der Waals surface area contributed by atoms with Gasteiger partial charge in [-0.25, -0.2) is 0 Å². The average molecular weight is 319 g/mol. The van der Waals surface area contributed by atoms with E-state index in [1.54, 1.807) is 19.1 Å². The lowest BCUT2D eigenvalue weighted by molar-refractivity contribution is 0.0923. The van der Waals surface area contributed by atoms with Gasteiger partial charge in [0.1, 0.15) is 11.3 Å². The molecule has 1 aromatic carbocycles. The molecular formula is C16H15ClN2O3. The Bertz CT molecular complexity index is 785. The molecule has 6 heteroatoms. The number of hydrogen-bond acceptors (Lipinski definition) is 3. The van der Waals surface area contributed by atoms with Crippen LogP contribution in [0.1, 0.15) is 34.1 Å². The topological polar surface area (TPSA) is 71.2 Å². The second kappa shape index (κ2) is 5.85. The van der Waals surface area contributed by atoms with Gasteiger partial charge in [-0.05, 0) is 25.1 Å². The first-order valence-corrected chi connectivity index (χ1v) is 7.36. The largest absolute Gasteiger partial charge is 0.492 e. The summed E-state index contributed by atoms with van der Waals surface area (Å²) >= 11 is 6.11. The fourth-order valence-electron chi connectivity index (χ4n) is 2.52. The maximum absolute atomic E-state index is 12.3. The third-order valence-corrected chi connectivity index (χ3v) is 3.93. The number of amides is 1. The Kier molecular flexibility index (Phi) is 3.90. The minimum atomic E-state index is -0.404. The lowest BCUT2D eigenvalue weighted by atomic mass is 10.00. The molecule has 1 atom stereocenters. The van der Waals surface area contributed by atoms with Crippen LogP contribution in [-0.2, 0) is 0 Å². The van der Waals surface area contributed by atoms with E-state index in [2.05, 4.69) is 10.3 Å². The van der Waals surface area contributed by atoms with Crippen LogP contribution in [0.5, 0.6) is 5.75 Å². The van der Waals surface area contributed by atoms with E-state index in [1.165, 1.54) is 6.07 Å². The van der Waals surface area contributed by atoms with E-state index >= 15 is 0 Å². The Balaban J connectivity index is 1.87. The van der Waals surface area contributed by atoms with Crippen LogP contribution in [-0.4, -0.2) is 17.5 Å². The summed E-state index contributed by atoms with van der Waals surface area (Å²) in [5, 5.41) is 3.40. The fourth-order valence-corrected chi connectivity index (χ4v) is 2.76. The summed E-state index contributed by atoms with van der Waals surface area (Å²) in [6.07, 6.45) is 0.628. The van der Waals surface area contributed by atoms with Gasteiger partial charge in [0.25, 0.3) is 11.5 Å². The zero-order chi connectivity index (χ0) is 15.7. The monoisotopic (exact) mass is 318 g/mol. The molecule has 3 rings (SSSR count). The van der Waals surface area contributed by atoms with E-state index in [4.69, 9.17) is 16.3 Å². The van der Waals surface area contributed by atoms with E-state index in [0.29, 0.717) is 29.5 Å². The van der Waals surface area contributed by atoms with Gasteiger partial charge in [0.2, 0.25) is 0 Å². The first kappa shape index (κ1) is 14.7. The highest BCUT2D eigenvalue weighted by molar-refractivity contribution is 6.32. The third-order valence-electron chi connectivity index (χ3n) is 3.63. The van der Waals surface area contributed by atoms with Crippen LogP contribution in [0.3, 0.4) is 0 Å². The number of fused-ring (bicyclic) bond motifs is 1. The maximum atomic E-state index is 12.3. The van der Waals surface area contributed by atoms with Crippen molar-refractivity contribution < 1.29 is 9.53 Å². The minimum absolute atomic E-state index is 0.0978. The first-order valence-electron chi connectivity index (χ1n) is 6.98. The van der Waals surface area contributed by atoms with Crippen molar-refractivity contribution in [2.75, 3.05) is 6.61 Å². The molecule has 0 fully saturated rings. The molecule has 0 bridgehead atoms. The SMILES string of the molecule is Cc1ccc(C(=O)N[C@H]2CCOc3c(Cl)cccc32)c(=O)[nH]1. The Morgan fingerprint density at radius 2 is 2.18 bits per heavy atom. The molecule has 1 aliphatic heterocycles. The van der Waals surface area contributed by atoms with Crippen LogP contribution >= 0.6 is 11.6 Å². The van der Waals surface area contributed by atoms with Gasteiger partial charge in [0.05, 0.1) is 17.7 Å². The number of ether oxygens (including phenoxy) is 1. The normalized spacial score (nSPS) is 16.5. The Labute approximate surface area is 132 Å². The smallest absolute Gasteiger partial charge is 0.260 e. The van der Waals surface area contributed by atoms with Gasteiger partial charge >= 0.3 is 0 Å². The van der Waals surface area contributed by atoms with Gasteiger partial charge in [-0.3, -0.25) is 9.59 Å². The lowest BCUT2D eigenvalue weighted by Crippen LogP contribution is -2.35. The number of nitrogens with one attached hydrogen (secondary N) is 2. The molecule has 0 radical (unpaired) electrons. The van der Waals surface area contributed by atoms with Crippen molar-refractivity contribution in [1.29, 1.82) is 0 Å². The number of carbonyl (C=O) groups is 1. The summed E-state index contributed by atoms with van der Waals surface area (Å²) in [7, 11) is 0. The molecule has 0 saturated heterocycles. The van der Waals surface area contributed by atoms with Crippen molar-refractivity contribution in [1.82, 2.24) is 10.3 Å². The van der Waals surface area contributed by atoms with Gasteiger partial charge < -0.3 is 15.0 Å². The van der Waals surface area contributed by atoms with Crippen molar-refractivity contribution in [3.05, 3.63) is 62.5 Å². The number of carbonyl (C=O) groups excluding carboxylic acids is 1. The number of para-hydroxylation sites is 1. The van der Waals surface area contributed by atoms with E-state index < -0.39 is 11.5 Å². The number of benzene rings is 1. The third kappa shape index (κ3) is 2.72. The fraction of sp³-hybridized carbons (Fsp3) is 0.250. The molecule has 0 unspecified atom stereocenters. The standard InChI is InChI=1S/C16H15ClN2O3/c1-9-5-6-11(15(20)18-9)16(21)19-13-7-8-22-14-10(13)3-2-4-12(14)17/h2-6,13H,7-8H2,1H3,(H,18,20)(H,19,21)/t13-/m0/s1. The summed E-state index contributed by atoms with van der Waals surface area (Å²) in [4.78, 5) is 26.8. The molecule has 5 nitrogen and oxygen atoms in total. The van der Waals surface area contributed by atoms with Gasteiger partial charge in [-0.1, -0.05) is 23.7 Å². The number of aromatic amines is 1. The summed E-state index contributed by atoms with van der Waals surface area (Å²) < 4.78 is 5.56. The number of rotatable bonds is 2. The molecule has 1 amide bonds. The van der Waals surface area contributed by atoms with Crippen LogP contribution in [0, 0.1) is 6.92 Å². The predicted molar refractivity (Wildman–Crippen MR) is 83.6 cm³/mol. The van der Waals surface area contributed by atoms with Gasteiger partial charge in [-0.15, -0.1) is 0 Å². The van der Waals surface area contributed by atoms with Gasteiger partial charge in [0, 0.05) is 17.7 Å². The highest BCUT2D eigenvalue weighted by Gasteiger charge is 2.25. The number of halogens is 1. The van der Waals surface area contributed by atoms with Crippen LogP contribution in [0.4, 0.5) is 0 Å². The molecular weight excluding hydrogens is 304 g/mol. The quantitative estimate of drug-likeness (QED) is 0.894. The van der Waals surface area contributed by atoms with E-state index in [1.807, 2.05) is 12.1 Å². The van der Waals surface area contributed by atoms with Crippen molar-refractivity contribution in [3.8, 4) is 5.75 Å². The highest BCUT2D eigenvalue weighted by atomic mass is 35.5. The number of pyridine rings is 1. The molecule has 0 spiro atoms. The number of aryl methyl sites for hydroxylation is 1. The van der Waals surface area contributed by atoms with Gasteiger partial charge in [0.15, 0.2) is 0 Å². The van der Waals surface area contributed by atoms with Crippen LogP contribution in [0.15, 0.2) is 35.1 Å². The first-order chi connectivity index (χ1) is 10.6. The van der Waals surface area contributed by atoms with Crippen molar-refractivity contribution >= 4 is 17.5 Å². The average Bonchev–Trinajstić information content (AvgIpc) is 2.48. The van der Waals surface area contributed by atoms with E-state index in [0.717, 1.165) is 5.56 Å². The Morgan fingerprint density at radius 3 is 2.95 bits per heavy atom. The summed E-state index contributed by atoms with van der Waals surface area (Å²) in [5.74, 6) is 0.192. The summed E-state index contributed by atoms with van der Waals surface area (Å²) in [6, 6.07) is 8.43. The van der Waals surface area contributed by atoms with Crippen LogP contribution in [0.2, 0.25) is 5.02 Å². The molecule has 2 heterocycles. The molecule has 22 heavy (non-hydrogen) atoms. The number of hydrogen-bond donors (Lipinski definition) is 2. The molecule has 2 N–H and O–H groups in total.